The van der Waals surface area contributed by atoms with Gasteiger partial charge in [-0.05, 0) is 90.8 Å². The zero-order valence-electron chi connectivity index (χ0n) is 28.6. The highest BCUT2D eigenvalue weighted by Crippen LogP contribution is 2.41. The van der Waals surface area contributed by atoms with Crippen molar-refractivity contribution in [1.29, 1.82) is 0 Å². The molecule has 2 aromatic carbocycles. The molecule has 0 spiro atoms. The molecule has 0 N–H and O–H groups in total. The molecule has 0 aromatic heterocycles. The number of nitrogens with zero attached hydrogens (tertiary/aromatic N) is 2. The van der Waals surface area contributed by atoms with Crippen LogP contribution in [0.2, 0.25) is 0 Å². The second kappa shape index (κ2) is 16.2. The number of rotatable bonds is 16. The summed E-state index contributed by atoms with van der Waals surface area (Å²) in [5, 5.41) is 0. The van der Waals surface area contributed by atoms with E-state index in [0.29, 0.717) is 37.4 Å². The van der Waals surface area contributed by atoms with E-state index in [-0.39, 0.29) is 24.8 Å². The number of benzene rings is 2. The first-order valence-corrected chi connectivity index (χ1v) is 16.0. The molecule has 1 saturated carbocycles. The van der Waals surface area contributed by atoms with Gasteiger partial charge in [0.25, 0.3) is 0 Å². The molecular weight excluding hydrogens is 588 g/mol. The lowest BCUT2D eigenvalue weighted by atomic mass is 9.66. The standard InChI is InChI=1S/C36H50N2O8/c1-9-37(19-21-43-23-29(39)45-35(3,4)5)27-15-11-25(12-16-27)31-33(41)32(34(31)42)26-13-17-28(18-14-26)38(10-2)20-22-44-24-30(40)46-36(6,7)8/h11-18,31-32H,9-10,19-24H2,1-8H3. The third-order valence-corrected chi connectivity index (χ3v) is 7.38. The second-order valence-electron chi connectivity index (χ2n) is 13.3. The van der Waals surface area contributed by atoms with Gasteiger partial charge in [-0.1, -0.05) is 24.3 Å². The van der Waals surface area contributed by atoms with Gasteiger partial charge in [-0.15, -0.1) is 0 Å². The molecule has 0 radical (unpaired) electrons. The van der Waals surface area contributed by atoms with Crippen molar-refractivity contribution in [3.05, 3.63) is 59.7 Å². The number of hydrogen-bond donors (Lipinski definition) is 0. The maximum Gasteiger partial charge on any atom is 0.332 e. The predicted molar refractivity (Wildman–Crippen MR) is 177 cm³/mol. The Kier molecular flexibility index (Phi) is 12.9. The van der Waals surface area contributed by atoms with Crippen molar-refractivity contribution in [3.8, 4) is 0 Å². The van der Waals surface area contributed by atoms with Gasteiger partial charge in [-0.2, -0.15) is 0 Å². The fourth-order valence-electron chi connectivity index (χ4n) is 5.27. The van der Waals surface area contributed by atoms with Gasteiger partial charge >= 0.3 is 11.9 Å². The average molecular weight is 639 g/mol. The first-order valence-electron chi connectivity index (χ1n) is 16.0. The third-order valence-electron chi connectivity index (χ3n) is 7.38. The summed E-state index contributed by atoms with van der Waals surface area (Å²) in [6.07, 6.45) is 0. The lowest BCUT2D eigenvalue weighted by Gasteiger charge is -2.33. The van der Waals surface area contributed by atoms with Crippen molar-refractivity contribution in [2.24, 2.45) is 0 Å². The molecule has 0 heterocycles. The van der Waals surface area contributed by atoms with E-state index in [9.17, 15) is 19.2 Å². The molecule has 2 aromatic rings. The fourth-order valence-corrected chi connectivity index (χ4v) is 5.27. The molecule has 252 valence electrons. The van der Waals surface area contributed by atoms with Crippen LogP contribution < -0.4 is 9.80 Å². The van der Waals surface area contributed by atoms with Crippen LogP contribution in [0.25, 0.3) is 0 Å². The number of carbonyl (C=O) groups excluding carboxylic acids is 4. The molecule has 3 rings (SSSR count). The van der Waals surface area contributed by atoms with Gasteiger partial charge in [0.2, 0.25) is 0 Å². The minimum absolute atomic E-state index is 0.101. The maximum absolute atomic E-state index is 13.2. The Morgan fingerprint density at radius 2 is 0.935 bits per heavy atom. The molecule has 10 heteroatoms. The van der Waals surface area contributed by atoms with Gasteiger partial charge in [0, 0.05) is 37.6 Å². The molecule has 0 aliphatic heterocycles. The van der Waals surface area contributed by atoms with E-state index < -0.39 is 35.0 Å². The molecule has 10 nitrogen and oxygen atoms in total. The van der Waals surface area contributed by atoms with E-state index in [2.05, 4.69) is 9.80 Å². The zero-order valence-corrected chi connectivity index (χ0v) is 28.6. The summed E-state index contributed by atoms with van der Waals surface area (Å²) in [5.41, 5.74) is 2.15. The zero-order chi connectivity index (χ0) is 34.1. The normalized spacial score (nSPS) is 16.5. The fraction of sp³-hybridized carbons (Fsp3) is 0.556. The van der Waals surface area contributed by atoms with Crippen LogP contribution >= 0.6 is 0 Å². The van der Waals surface area contributed by atoms with E-state index in [0.717, 1.165) is 24.5 Å². The highest BCUT2D eigenvalue weighted by Gasteiger charge is 2.50. The number of anilines is 2. The maximum atomic E-state index is 13.2. The molecular formula is C36H50N2O8. The Hall–Kier alpha value is -3.76. The Balaban J connectivity index is 1.50. The van der Waals surface area contributed by atoms with Crippen molar-refractivity contribution in [3.63, 3.8) is 0 Å². The molecule has 0 bridgehead atoms. The number of ketones is 2. The van der Waals surface area contributed by atoms with Crippen LogP contribution in [-0.2, 0) is 38.1 Å². The lowest BCUT2D eigenvalue weighted by molar-refractivity contribution is -0.161. The lowest BCUT2D eigenvalue weighted by Crippen LogP contribution is -2.44. The molecule has 1 aliphatic rings. The number of carbonyl (C=O) groups is 4. The number of Topliss-reactive ketones (excluding diaryl/α,β-unsaturated/α-hetero) is 2. The Morgan fingerprint density at radius 1 is 0.609 bits per heavy atom. The monoisotopic (exact) mass is 638 g/mol. The van der Waals surface area contributed by atoms with Gasteiger partial charge in [-0.25, -0.2) is 9.59 Å². The number of ether oxygens (including phenoxy) is 4. The molecule has 0 unspecified atom stereocenters. The Morgan fingerprint density at radius 3 is 1.22 bits per heavy atom. The van der Waals surface area contributed by atoms with E-state index in [1.165, 1.54) is 0 Å². The van der Waals surface area contributed by atoms with E-state index in [4.69, 9.17) is 18.9 Å². The summed E-state index contributed by atoms with van der Waals surface area (Å²) in [7, 11) is 0. The van der Waals surface area contributed by atoms with Gasteiger partial charge in [-0.3, -0.25) is 9.59 Å². The summed E-state index contributed by atoms with van der Waals surface area (Å²) >= 11 is 0. The molecule has 1 fully saturated rings. The van der Waals surface area contributed by atoms with Crippen molar-refractivity contribution in [1.82, 2.24) is 0 Å². The number of esters is 2. The minimum Gasteiger partial charge on any atom is -0.458 e. The summed E-state index contributed by atoms with van der Waals surface area (Å²) in [5.74, 6) is -2.52. The molecule has 0 saturated heterocycles. The Labute approximate surface area is 273 Å². The van der Waals surface area contributed by atoms with Crippen LogP contribution in [0.5, 0.6) is 0 Å². The first kappa shape index (κ1) is 36.7. The highest BCUT2D eigenvalue weighted by molar-refractivity contribution is 6.31. The van der Waals surface area contributed by atoms with Gasteiger partial charge in [0.05, 0.1) is 13.2 Å². The topological polar surface area (TPSA) is 112 Å². The number of likely N-dealkylation sites (N-methyl/N-ethyl adjacent to an activating group) is 2. The van der Waals surface area contributed by atoms with E-state index >= 15 is 0 Å². The minimum atomic E-state index is -0.764. The van der Waals surface area contributed by atoms with Crippen LogP contribution in [0.3, 0.4) is 0 Å². The Bertz CT molecular complexity index is 1210. The largest absolute Gasteiger partial charge is 0.458 e. The van der Waals surface area contributed by atoms with Crippen molar-refractivity contribution >= 4 is 34.9 Å². The third kappa shape index (κ3) is 10.7. The van der Waals surface area contributed by atoms with Crippen LogP contribution in [0, 0.1) is 0 Å². The van der Waals surface area contributed by atoms with Gasteiger partial charge in [0.15, 0.2) is 11.6 Å². The van der Waals surface area contributed by atoms with Gasteiger partial charge < -0.3 is 28.7 Å². The molecule has 0 atom stereocenters. The molecule has 46 heavy (non-hydrogen) atoms. The molecule has 0 amide bonds. The van der Waals surface area contributed by atoms with Crippen molar-refractivity contribution in [2.45, 2.75) is 78.4 Å². The SMILES string of the molecule is CCN(CCOCC(=O)OC(C)(C)C)c1ccc(C2C(=O)C(c3ccc(N(CC)CCOCC(=O)OC(C)(C)C)cc3)C2=O)cc1. The second-order valence-corrected chi connectivity index (χ2v) is 13.3. The van der Waals surface area contributed by atoms with Crippen LogP contribution in [-0.4, -0.2) is 87.3 Å². The van der Waals surface area contributed by atoms with E-state index in [1.807, 2.05) is 104 Å². The summed E-state index contributed by atoms with van der Waals surface area (Å²) in [6, 6.07) is 15.0. The van der Waals surface area contributed by atoms with Crippen LogP contribution in [0.4, 0.5) is 11.4 Å². The van der Waals surface area contributed by atoms with E-state index in [1.54, 1.807) is 0 Å². The summed E-state index contributed by atoms with van der Waals surface area (Å²) in [6.45, 7) is 18.0. The van der Waals surface area contributed by atoms with Crippen LogP contribution in [0.15, 0.2) is 48.5 Å². The average Bonchev–Trinajstić information content (AvgIpc) is 2.97. The first-order chi connectivity index (χ1) is 21.6. The van der Waals surface area contributed by atoms with Crippen molar-refractivity contribution in [2.75, 3.05) is 62.4 Å². The smallest absolute Gasteiger partial charge is 0.332 e. The summed E-state index contributed by atoms with van der Waals surface area (Å²) in [4.78, 5) is 54.3. The summed E-state index contributed by atoms with van der Waals surface area (Å²) < 4.78 is 21.5. The van der Waals surface area contributed by atoms with Crippen molar-refractivity contribution < 1.29 is 38.1 Å². The van der Waals surface area contributed by atoms with Gasteiger partial charge in [0.1, 0.15) is 36.3 Å². The predicted octanol–water partition coefficient (Wildman–Crippen LogP) is 5.08. The quantitative estimate of drug-likeness (QED) is 0.140. The molecule has 1 aliphatic carbocycles. The highest BCUT2D eigenvalue weighted by atomic mass is 16.6. The number of hydrogen-bond acceptors (Lipinski definition) is 10. The van der Waals surface area contributed by atoms with Crippen LogP contribution in [0.1, 0.15) is 78.4 Å².